The lowest BCUT2D eigenvalue weighted by Gasteiger charge is -2.11. The standard InChI is InChI=1S/C20H15FN4/c1-12-4-6-17(21)15(9-12)19-14(3-2-8-23-19)13-5-7-18-16(10-13)20(22)25-11-24-18/h2-11H,1H3,(H2,22,24,25). The summed E-state index contributed by atoms with van der Waals surface area (Å²) >= 11 is 0. The van der Waals surface area contributed by atoms with E-state index in [4.69, 9.17) is 5.73 Å². The monoisotopic (exact) mass is 330 g/mol. The average Bonchev–Trinajstić information content (AvgIpc) is 2.64. The Bertz CT molecular complexity index is 1090. The van der Waals surface area contributed by atoms with Crippen LogP contribution in [0.2, 0.25) is 0 Å². The van der Waals surface area contributed by atoms with Crippen LogP contribution < -0.4 is 5.73 Å². The lowest BCUT2D eigenvalue weighted by Crippen LogP contribution is -1.95. The van der Waals surface area contributed by atoms with Crippen LogP contribution in [-0.4, -0.2) is 15.0 Å². The number of aromatic nitrogens is 3. The van der Waals surface area contributed by atoms with Crippen molar-refractivity contribution >= 4 is 16.7 Å². The van der Waals surface area contributed by atoms with Crippen LogP contribution in [-0.2, 0) is 0 Å². The van der Waals surface area contributed by atoms with Crippen LogP contribution >= 0.6 is 0 Å². The molecule has 2 heterocycles. The fraction of sp³-hybridized carbons (Fsp3) is 0.0500. The number of aryl methyl sites for hydroxylation is 1. The number of hydrogen-bond acceptors (Lipinski definition) is 4. The molecule has 4 nitrogen and oxygen atoms in total. The fourth-order valence-electron chi connectivity index (χ4n) is 2.92. The molecule has 0 aliphatic carbocycles. The van der Waals surface area contributed by atoms with Crippen molar-refractivity contribution in [2.45, 2.75) is 6.92 Å². The molecule has 0 aliphatic heterocycles. The molecule has 0 aliphatic rings. The van der Waals surface area contributed by atoms with Gasteiger partial charge in [-0.05, 0) is 42.8 Å². The lowest BCUT2D eigenvalue weighted by atomic mass is 9.97. The summed E-state index contributed by atoms with van der Waals surface area (Å²) in [6, 6.07) is 14.5. The van der Waals surface area contributed by atoms with Crippen LogP contribution in [0, 0.1) is 12.7 Å². The van der Waals surface area contributed by atoms with E-state index in [0.717, 1.165) is 27.6 Å². The molecule has 0 saturated carbocycles. The lowest BCUT2D eigenvalue weighted by molar-refractivity contribution is 0.630. The molecule has 0 fully saturated rings. The van der Waals surface area contributed by atoms with Gasteiger partial charge in [0.1, 0.15) is 18.0 Å². The predicted octanol–water partition coefficient (Wildman–Crippen LogP) is 4.39. The third kappa shape index (κ3) is 2.70. The van der Waals surface area contributed by atoms with Crippen molar-refractivity contribution in [3.05, 3.63) is 72.4 Å². The van der Waals surface area contributed by atoms with Crippen LogP contribution in [0.5, 0.6) is 0 Å². The van der Waals surface area contributed by atoms with Gasteiger partial charge in [-0.3, -0.25) is 4.98 Å². The molecular formula is C20H15FN4. The predicted molar refractivity (Wildman–Crippen MR) is 97.3 cm³/mol. The minimum absolute atomic E-state index is 0.297. The first-order valence-corrected chi connectivity index (χ1v) is 7.85. The second kappa shape index (κ2) is 5.94. The minimum Gasteiger partial charge on any atom is -0.383 e. The van der Waals surface area contributed by atoms with Crippen LogP contribution in [0.4, 0.5) is 10.2 Å². The van der Waals surface area contributed by atoms with E-state index in [-0.39, 0.29) is 5.82 Å². The Balaban J connectivity index is 1.96. The molecule has 2 aromatic heterocycles. The van der Waals surface area contributed by atoms with Gasteiger partial charge in [0.15, 0.2) is 0 Å². The Hall–Kier alpha value is -3.34. The molecule has 0 saturated heterocycles. The third-order valence-corrected chi connectivity index (χ3v) is 4.16. The number of benzene rings is 2. The van der Waals surface area contributed by atoms with Gasteiger partial charge in [0, 0.05) is 22.7 Å². The van der Waals surface area contributed by atoms with E-state index in [1.165, 1.54) is 12.4 Å². The number of nitrogens with zero attached hydrogens (tertiary/aromatic N) is 3. The van der Waals surface area contributed by atoms with Crippen molar-refractivity contribution in [3.63, 3.8) is 0 Å². The second-order valence-corrected chi connectivity index (χ2v) is 5.87. The SMILES string of the molecule is Cc1ccc(F)c(-c2ncccc2-c2ccc3ncnc(N)c3c2)c1. The van der Waals surface area contributed by atoms with E-state index in [9.17, 15) is 4.39 Å². The number of nitrogen functional groups attached to an aromatic ring is 1. The molecule has 0 atom stereocenters. The summed E-state index contributed by atoms with van der Waals surface area (Å²) in [5.74, 6) is 0.119. The molecule has 122 valence electrons. The molecule has 0 spiro atoms. The van der Waals surface area contributed by atoms with Gasteiger partial charge in [0.05, 0.1) is 11.2 Å². The molecule has 0 amide bonds. The Morgan fingerprint density at radius 1 is 0.920 bits per heavy atom. The highest BCUT2D eigenvalue weighted by molar-refractivity contribution is 5.93. The van der Waals surface area contributed by atoms with Crippen molar-refractivity contribution < 1.29 is 4.39 Å². The van der Waals surface area contributed by atoms with Crippen LogP contribution in [0.25, 0.3) is 33.3 Å². The second-order valence-electron chi connectivity index (χ2n) is 5.87. The first-order chi connectivity index (χ1) is 12.1. The maximum Gasteiger partial charge on any atom is 0.134 e. The number of hydrogen-bond donors (Lipinski definition) is 1. The van der Waals surface area contributed by atoms with Gasteiger partial charge in [0.25, 0.3) is 0 Å². The molecule has 4 aromatic rings. The van der Waals surface area contributed by atoms with E-state index in [0.29, 0.717) is 17.1 Å². The van der Waals surface area contributed by atoms with Gasteiger partial charge in [-0.15, -0.1) is 0 Å². The van der Waals surface area contributed by atoms with Crippen LogP contribution in [0.3, 0.4) is 0 Å². The molecule has 2 aromatic carbocycles. The van der Waals surface area contributed by atoms with Crippen molar-refractivity contribution in [2.75, 3.05) is 5.73 Å². The molecular weight excluding hydrogens is 315 g/mol. The van der Waals surface area contributed by atoms with E-state index in [1.807, 2.05) is 37.3 Å². The molecule has 5 heteroatoms. The molecule has 4 rings (SSSR count). The number of nitrogens with two attached hydrogens (primary N) is 1. The van der Waals surface area contributed by atoms with Gasteiger partial charge < -0.3 is 5.73 Å². The number of anilines is 1. The number of pyridine rings is 1. The van der Waals surface area contributed by atoms with Crippen molar-refractivity contribution in [1.29, 1.82) is 0 Å². The van der Waals surface area contributed by atoms with Crippen LogP contribution in [0.15, 0.2) is 61.1 Å². The van der Waals surface area contributed by atoms with Gasteiger partial charge >= 0.3 is 0 Å². The minimum atomic E-state index is -0.297. The maximum absolute atomic E-state index is 14.4. The van der Waals surface area contributed by atoms with Crippen molar-refractivity contribution in [1.82, 2.24) is 15.0 Å². The highest BCUT2D eigenvalue weighted by Crippen LogP contribution is 2.34. The first kappa shape index (κ1) is 15.2. The van der Waals surface area contributed by atoms with Gasteiger partial charge in [-0.2, -0.15) is 0 Å². The summed E-state index contributed by atoms with van der Waals surface area (Å²) in [5, 5.41) is 0.763. The molecule has 0 radical (unpaired) electrons. The van der Waals surface area contributed by atoms with Crippen molar-refractivity contribution in [2.24, 2.45) is 0 Å². The average molecular weight is 330 g/mol. The quantitative estimate of drug-likeness (QED) is 0.592. The molecule has 2 N–H and O–H groups in total. The van der Waals surface area contributed by atoms with Gasteiger partial charge in [-0.1, -0.05) is 23.8 Å². The summed E-state index contributed by atoms with van der Waals surface area (Å²) in [5.41, 5.74) is 10.5. The van der Waals surface area contributed by atoms with Gasteiger partial charge in [0.2, 0.25) is 0 Å². The third-order valence-electron chi connectivity index (χ3n) is 4.16. The van der Waals surface area contributed by atoms with Crippen molar-refractivity contribution in [3.8, 4) is 22.4 Å². The molecule has 0 unspecified atom stereocenters. The Labute approximate surface area is 144 Å². The summed E-state index contributed by atoms with van der Waals surface area (Å²) in [7, 11) is 0. The van der Waals surface area contributed by atoms with Crippen LogP contribution in [0.1, 0.15) is 5.56 Å². The smallest absolute Gasteiger partial charge is 0.134 e. The maximum atomic E-state index is 14.4. The summed E-state index contributed by atoms with van der Waals surface area (Å²) in [4.78, 5) is 12.7. The zero-order valence-corrected chi connectivity index (χ0v) is 13.6. The van der Waals surface area contributed by atoms with E-state index in [2.05, 4.69) is 15.0 Å². The summed E-state index contributed by atoms with van der Waals surface area (Å²) in [6.07, 6.45) is 3.11. The normalized spacial score (nSPS) is 11.0. The number of rotatable bonds is 2. The van der Waals surface area contributed by atoms with E-state index in [1.54, 1.807) is 18.3 Å². The Morgan fingerprint density at radius 3 is 2.68 bits per heavy atom. The number of halogens is 1. The van der Waals surface area contributed by atoms with E-state index < -0.39 is 0 Å². The largest absolute Gasteiger partial charge is 0.383 e. The number of fused-ring (bicyclic) bond motifs is 1. The summed E-state index contributed by atoms with van der Waals surface area (Å²) in [6.45, 7) is 1.93. The molecule has 0 bridgehead atoms. The topological polar surface area (TPSA) is 64.7 Å². The first-order valence-electron chi connectivity index (χ1n) is 7.85. The highest BCUT2D eigenvalue weighted by Gasteiger charge is 2.14. The molecule has 25 heavy (non-hydrogen) atoms. The Kier molecular flexibility index (Phi) is 3.61. The Morgan fingerprint density at radius 2 is 1.80 bits per heavy atom. The fourth-order valence-corrected chi connectivity index (χ4v) is 2.92. The zero-order chi connectivity index (χ0) is 17.4. The highest BCUT2D eigenvalue weighted by atomic mass is 19.1. The van der Waals surface area contributed by atoms with E-state index >= 15 is 0 Å². The van der Waals surface area contributed by atoms with Gasteiger partial charge in [-0.25, -0.2) is 14.4 Å². The summed E-state index contributed by atoms with van der Waals surface area (Å²) < 4.78 is 14.4. The zero-order valence-electron chi connectivity index (χ0n) is 13.6.